The monoisotopic (exact) mass is 470 g/mol. The lowest BCUT2D eigenvalue weighted by molar-refractivity contribution is -0.120. The number of amides is 1. The van der Waals surface area contributed by atoms with Crippen LogP contribution in [-0.4, -0.2) is 60.7 Å². The Morgan fingerprint density at radius 1 is 1.27 bits per heavy atom. The van der Waals surface area contributed by atoms with Crippen LogP contribution in [0.4, 0.5) is 5.13 Å². The number of anilines is 1. The molecule has 0 bridgehead atoms. The van der Waals surface area contributed by atoms with Crippen molar-refractivity contribution in [2.24, 2.45) is 5.92 Å². The van der Waals surface area contributed by atoms with E-state index in [0.29, 0.717) is 18.0 Å². The van der Waals surface area contributed by atoms with E-state index in [-0.39, 0.29) is 35.4 Å². The largest absolute Gasteiger partial charge is 0.465 e. The van der Waals surface area contributed by atoms with E-state index in [9.17, 15) is 18.0 Å². The van der Waals surface area contributed by atoms with E-state index in [1.165, 1.54) is 34.9 Å². The Hall–Kier alpha value is -2.02. The topological polar surface area (TPSA) is 119 Å². The van der Waals surface area contributed by atoms with E-state index in [2.05, 4.69) is 15.5 Å². The Kier molecular flexibility index (Phi) is 7.45. The van der Waals surface area contributed by atoms with Crippen molar-refractivity contribution in [3.63, 3.8) is 0 Å². The van der Waals surface area contributed by atoms with Crippen molar-refractivity contribution in [3.8, 4) is 0 Å². The third-order valence-corrected chi connectivity index (χ3v) is 8.45. The van der Waals surface area contributed by atoms with Crippen molar-refractivity contribution in [2.75, 3.05) is 31.3 Å². The summed E-state index contributed by atoms with van der Waals surface area (Å²) in [5.41, 5.74) is -0.00288. The SMILES string of the molecule is CCSc1nnc(NC(=O)C2CCN(S(=O)(=O)c3ccccc3C(=O)OC)CC2)s1. The number of hydrogen-bond acceptors (Lipinski definition) is 9. The highest BCUT2D eigenvalue weighted by Gasteiger charge is 2.34. The molecule has 1 aliphatic rings. The second-order valence-electron chi connectivity index (χ2n) is 6.46. The fraction of sp³-hybridized carbons (Fsp3) is 0.444. The molecule has 0 saturated carbocycles. The molecule has 0 spiro atoms. The van der Waals surface area contributed by atoms with Gasteiger partial charge in [-0.15, -0.1) is 10.2 Å². The van der Waals surface area contributed by atoms with Crippen molar-refractivity contribution in [3.05, 3.63) is 29.8 Å². The quantitative estimate of drug-likeness (QED) is 0.372. The van der Waals surface area contributed by atoms with Gasteiger partial charge in [0, 0.05) is 19.0 Å². The van der Waals surface area contributed by atoms with Gasteiger partial charge in [0.1, 0.15) is 0 Å². The smallest absolute Gasteiger partial charge is 0.339 e. The molecule has 12 heteroatoms. The Bertz CT molecular complexity index is 1020. The molecule has 1 aliphatic heterocycles. The summed E-state index contributed by atoms with van der Waals surface area (Å²) in [6, 6.07) is 5.96. The van der Waals surface area contributed by atoms with Crippen LogP contribution in [0.15, 0.2) is 33.5 Å². The van der Waals surface area contributed by atoms with Gasteiger partial charge in [-0.2, -0.15) is 4.31 Å². The maximum absolute atomic E-state index is 13.1. The Labute approximate surface area is 183 Å². The summed E-state index contributed by atoms with van der Waals surface area (Å²) in [4.78, 5) is 24.4. The summed E-state index contributed by atoms with van der Waals surface area (Å²) in [6.07, 6.45) is 0.752. The van der Waals surface area contributed by atoms with Crippen LogP contribution in [0.3, 0.4) is 0 Å². The predicted molar refractivity (Wildman–Crippen MR) is 114 cm³/mol. The van der Waals surface area contributed by atoms with Crippen molar-refractivity contribution < 1.29 is 22.7 Å². The van der Waals surface area contributed by atoms with Crippen LogP contribution in [0.1, 0.15) is 30.1 Å². The lowest BCUT2D eigenvalue weighted by atomic mass is 9.97. The van der Waals surface area contributed by atoms with Crippen LogP contribution in [0.25, 0.3) is 0 Å². The minimum atomic E-state index is -3.88. The van der Waals surface area contributed by atoms with Crippen LogP contribution >= 0.6 is 23.1 Å². The van der Waals surface area contributed by atoms with E-state index in [4.69, 9.17) is 4.74 Å². The van der Waals surface area contributed by atoms with Gasteiger partial charge >= 0.3 is 5.97 Å². The molecule has 1 aromatic carbocycles. The highest BCUT2D eigenvalue weighted by atomic mass is 32.2. The molecule has 0 radical (unpaired) electrons. The normalized spacial score (nSPS) is 15.7. The summed E-state index contributed by atoms with van der Waals surface area (Å²) in [6.45, 7) is 2.38. The Balaban J connectivity index is 1.64. The third kappa shape index (κ3) is 4.99. The van der Waals surface area contributed by atoms with E-state index < -0.39 is 16.0 Å². The number of benzene rings is 1. The zero-order valence-electron chi connectivity index (χ0n) is 16.5. The molecule has 162 valence electrons. The first-order chi connectivity index (χ1) is 14.4. The van der Waals surface area contributed by atoms with Gasteiger partial charge in [-0.25, -0.2) is 13.2 Å². The highest BCUT2D eigenvalue weighted by molar-refractivity contribution is 8.01. The minimum absolute atomic E-state index is 0.00288. The Morgan fingerprint density at radius 2 is 1.97 bits per heavy atom. The van der Waals surface area contributed by atoms with E-state index in [1.54, 1.807) is 23.9 Å². The molecule has 1 N–H and O–H groups in total. The van der Waals surface area contributed by atoms with Gasteiger partial charge in [-0.1, -0.05) is 42.2 Å². The van der Waals surface area contributed by atoms with Crippen LogP contribution < -0.4 is 5.32 Å². The predicted octanol–water partition coefficient (Wildman–Crippen LogP) is 2.48. The van der Waals surface area contributed by atoms with Crippen LogP contribution in [0, 0.1) is 5.92 Å². The molecule has 30 heavy (non-hydrogen) atoms. The minimum Gasteiger partial charge on any atom is -0.465 e. The summed E-state index contributed by atoms with van der Waals surface area (Å²) in [5, 5.41) is 11.2. The first-order valence-electron chi connectivity index (χ1n) is 9.31. The number of carbonyl (C=O) groups is 2. The molecule has 2 heterocycles. The number of sulfonamides is 1. The molecule has 1 fully saturated rings. The number of thioether (sulfide) groups is 1. The first kappa shape index (κ1) is 22.7. The molecule has 1 aromatic heterocycles. The molecule has 3 rings (SSSR count). The first-order valence-corrected chi connectivity index (χ1v) is 12.6. The molecule has 1 amide bonds. The van der Waals surface area contributed by atoms with Crippen LogP contribution in [0.2, 0.25) is 0 Å². The summed E-state index contributed by atoms with van der Waals surface area (Å²) in [7, 11) is -2.68. The third-order valence-electron chi connectivity index (χ3n) is 4.64. The van der Waals surface area contributed by atoms with Crippen molar-refractivity contribution in [2.45, 2.75) is 29.0 Å². The fourth-order valence-corrected chi connectivity index (χ4v) is 6.42. The van der Waals surface area contributed by atoms with Gasteiger partial charge in [0.15, 0.2) is 4.34 Å². The van der Waals surface area contributed by atoms with Crippen molar-refractivity contribution in [1.82, 2.24) is 14.5 Å². The molecule has 2 aromatic rings. The lowest BCUT2D eigenvalue weighted by Crippen LogP contribution is -2.41. The molecule has 0 aliphatic carbocycles. The average Bonchev–Trinajstić information content (AvgIpc) is 3.20. The molecule has 9 nitrogen and oxygen atoms in total. The van der Waals surface area contributed by atoms with Crippen molar-refractivity contribution in [1.29, 1.82) is 0 Å². The van der Waals surface area contributed by atoms with Crippen LogP contribution in [-0.2, 0) is 19.6 Å². The molecule has 0 unspecified atom stereocenters. The summed E-state index contributed by atoms with van der Waals surface area (Å²) in [5.74, 6) is -0.347. The number of piperidine rings is 1. The van der Waals surface area contributed by atoms with E-state index in [0.717, 1.165) is 10.1 Å². The standard InChI is InChI=1S/C18H22N4O5S3/c1-3-28-18-21-20-17(29-18)19-15(23)12-8-10-22(11-9-12)30(25,26)14-7-5-4-6-13(14)16(24)27-2/h4-7,12H,3,8-11H2,1-2H3,(H,19,20,23). The highest BCUT2D eigenvalue weighted by Crippen LogP contribution is 2.29. The number of ether oxygens (including phenoxy) is 1. The number of carbonyl (C=O) groups excluding carboxylic acids is 2. The molecular formula is C18H22N4O5S3. The van der Waals surface area contributed by atoms with Crippen molar-refractivity contribution >= 4 is 50.1 Å². The van der Waals surface area contributed by atoms with Gasteiger partial charge in [0.2, 0.25) is 21.1 Å². The number of rotatable bonds is 7. The maximum atomic E-state index is 13.1. The molecular weight excluding hydrogens is 448 g/mol. The van der Waals surface area contributed by atoms with Gasteiger partial charge < -0.3 is 10.1 Å². The number of aromatic nitrogens is 2. The second-order valence-corrected chi connectivity index (χ2v) is 10.9. The number of nitrogens with one attached hydrogen (secondary N) is 1. The van der Waals surface area contributed by atoms with Gasteiger partial charge in [-0.3, -0.25) is 4.79 Å². The number of hydrogen-bond donors (Lipinski definition) is 1. The number of nitrogens with zero attached hydrogens (tertiary/aromatic N) is 3. The number of esters is 1. The average molecular weight is 471 g/mol. The number of methoxy groups -OCH3 is 1. The molecule has 1 saturated heterocycles. The molecule has 0 atom stereocenters. The lowest BCUT2D eigenvalue weighted by Gasteiger charge is -2.30. The fourth-order valence-electron chi connectivity index (χ4n) is 3.12. The summed E-state index contributed by atoms with van der Waals surface area (Å²) < 4.78 is 32.9. The van der Waals surface area contributed by atoms with Gasteiger partial charge in [0.25, 0.3) is 0 Å². The zero-order valence-corrected chi connectivity index (χ0v) is 19.0. The maximum Gasteiger partial charge on any atom is 0.339 e. The van der Waals surface area contributed by atoms with E-state index in [1.807, 2.05) is 6.92 Å². The second kappa shape index (κ2) is 9.86. The van der Waals surface area contributed by atoms with Gasteiger partial charge in [-0.05, 0) is 30.7 Å². The summed E-state index contributed by atoms with van der Waals surface area (Å²) >= 11 is 2.87. The Morgan fingerprint density at radius 3 is 2.63 bits per heavy atom. The van der Waals surface area contributed by atoms with Gasteiger partial charge in [0.05, 0.1) is 17.6 Å². The zero-order chi connectivity index (χ0) is 21.7. The van der Waals surface area contributed by atoms with E-state index >= 15 is 0 Å². The van der Waals surface area contributed by atoms with Crippen LogP contribution in [0.5, 0.6) is 0 Å².